The van der Waals surface area contributed by atoms with E-state index in [-0.39, 0.29) is 11.7 Å². The van der Waals surface area contributed by atoms with Crippen molar-refractivity contribution in [1.29, 1.82) is 0 Å². The molecule has 2 heterocycles. The molecule has 1 amide bonds. The fraction of sp³-hybridized carbons (Fsp3) is 0.722. The summed E-state index contributed by atoms with van der Waals surface area (Å²) in [4.78, 5) is 15.3. The van der Waals surface area contributed by atoms with Gasteiger partial charge in [0.15, 0.2) is 0 Å². The number of carbonyl (C=O) groups excluding carboxylic acids is 1. The molecule has 0 saturated carbocycles. The van der Waals surface area contributed by atoms with Crippen molar-refractivity contribution in [3.63, 3.8) is 0 Å². The van der Waals surface area contributed by atoms with Crippen molar-refractivity contribution in [2.24, 2.45) is 0 Å². The third-order valence-corrected chi connectivity index (χ3v) is 5.24. The Bertz CT molecular complexity index is 485. The summed E-state index contributed by atoms with van der Waals surface area (Å²) < 4.78 is 11.7. The highest BCUT2D eigenvalue weighted by molar-refractivity contribution is 7.09. The molecule has 130 valence electrons. The molecular weight excluding hydrogens is 310 g/mol. The Morgan fingerprint density at radius 1 is 1.35 bits per heavy atom. The lowest BCUT2D eigenvalue weighted by Gasteiger charge is -2.41. The lowest BCUT2D eigenvalue weighted by molar-refractivity contribution is -0.0855. The minimum Gasteiger partial charge on any atom is -0.444 e. The lowest BCUT2D eigenvalue weighted by Crippen LogP contribution is -2.49. The summed E-state index contributed by atoms with van der Waals surface area (Å²) in [6.45, 7) is 10.1. The maximum Gasteiger partial charge on any atom is 0.410 e. The van der Waals surface area contributed by atoms with Gasteiger partial charge >= 0.3 is 6.09 Å². The number of likely N-dealkylation sites (tertiary alicyclic amines) is 1. The van der Waals surface area contributed by atoms with Gasteiger partial charge in [0.25, 0.3) is 0 Å². The first kappa shape index (κ1) is 18.3. The van der Waals surface area contributed by atoms with Crippen molar-refractivity contribution in [3.05, 3.63) is 22.4 Å². The number of nitrogens with zero attached hydrogens (tertiary/aromatic N) is 1. The number of thiophene rings is 1. The van der Waals surface area contributed by atoms with Gasteiger partial charge in [0.05, 0.1) is 12.2 Å². The number of carbonyl (C=O) groups is 1. The predicted octanol–water partition coefficient (Wildman–Crippen LogP) is 4.49. The Morgan fingerprint density at radius 3 is 2.57 bits per heavy atom. The molecule has 0 aromatic carbocycles. The summed E-state index contributed by atoms with van der Waals surface area (Å²) in [5.74, 6) is 0. The maximum absolute atomic E-state index is 12.1. The van der Waals surface area contributed by atoms with Crippen LogP contribution in [-0.2, 0) is 15.9 Å². The second-order valence-corrected chi connectivity index (χ2v) is 8.21. The molecule has 0 unspecified atom stereocenters. The maximum atomic E-state index is 12.1. The van der Waals surface area contributed by atoms with Gasteiger partial charge in [-0.2, -0.15) is 0 Å². The third kappa shape index (κ3) is 5.50. The quantitative estimate of drug-likeness (QED) is 0.793. The van der Waals surface area contributed by atoms with Gasteiger partial charge in [0.1, 0.15) is 5.60 Å². The van der Waals surface area contributed by atoms with Crippen LogP contribution in [-0.4, -0.2) is 41.9 Å². The summed E-state index contributed by atoms with van der Waals surface area (Å²) in [7, 11) is 0. The number of piperidine rings is 1. The van der Waals surface area contributed by atoms with Crippen LogP contribution in [0.25, 0.3) is 0 Å². The second-order valence-electron chi connectivity index (χ2n) is 7.18. The van der Waals surface area contributed by atoms with Crippen molar-refractivity contribution in [2.45, 2.75) is 64.6 Å². The van der Waals surface area contributed by atoms with Crippen molar-refractivity contribution in [2.75, 3.05) is 19.7 Å². The SMILES string of the molecule is CCC1(OCCc2cccs2)CCN(C(=O)OC(C)(C)C)CC1. The summed E-state index contributed by atoms with van der Waals surface area (Å²) in [5.41, 5.74) is -0.524. The number of ether oxygens (including phenoxy) is 2. The van der Waals surface area contributed by atoms with E-state index in [4.69, 9.17) is 9.47 Å². The standard InChI is InChI=1S/C18H29NO3S/c1-5-18(21-13-8-15-7-6-14-23-15)9-11-19(12-10-18)16(20)22-17(2,3)4/h6-7,14H,5,8-13H2,1-4H3. The molecule has 1 aliphatic heterocycles. The number of amides is 1. The molecule has 0 aliphatic carbocycles. The van der Waals surface area contributed by atoms with E-state index < -0.39 is 5.60 Å². The van der Waals surface area contributed by atoms with Crippen LogP contribution in [0.15, 0.2) is 17.5 Å². The molecule has 1 aliphatic rings. The Hall–Kier alpha value is -1.07. The highest BCUT2D eigenvalue weighted by Crippen LogP contribution is 2.30. The zero-order valence-corrected chi connectivity index (χ0v) is 15.6. The topological polar surface area (TPSA) is 38.8 Å². The third-order valence-electron chi connectivity index (χ3n) is 4.31. The average Bonchev–Trinajstić information content (AvgIpc) is 2.99. The molecule has 1 aromatic heterocycles. The summed E-state index contributed by atoms with van der Waals surface area (Å²) >= 11 is 1.78. The van der Waals surface area contributed by atoms with E-state index in [9.17, 15) is 4.79 Å². The predicted molar refractivity (Wildman–Crippen MR) is 94.0 cm³/mol. The van der Waals surface area contributed by atoms with Crippen LogP contribution in [0.2, 0.25) is 0 Å². The van der Waals surface area contributed by atoms with E-state index in [0.717, 1.165) is 32.3 Å². The Labute approximate surface area is 143 Å². The molecule has 1 saturated heterocycles. The molecule has 23 heavy (non-hydrogen) atoms. The van der Waals surface area contributed by atoms with E-state index >= 15 is 0 Å². The molecule has 2 rings (SSSR count). The molecule has 1 fully saturated rings. The summed E-state index contributed by atoms with van der Waals surface area (Å²) in [6, 6.07) is 4.23. The monoisotopic (exact) mass is 339 g/mol. The van der Waals surface area contributed by atoms with Gasteiger partial charge in [-0.25, -0.2) is 4.79 Å². The van der Waals surface area contributed by atoms with E-state index in [1.165, 1.54) is 4.88 Å². The van der Waals surface area contributed by atoms with E-state index in [2.05, 4.69) is 24.4 Å². The normalized spacial score (nSPS) is 18.0. The smallest absolute Gasteiger partial charge is 0.410 e. The van der Waals surface area contributed by atoms with Gasteiger partial charge in [-0.15, -0.1) is 11.3 Å². The van der Waals surface area contributed by atoms with Crippen molar-refractivity contribution < 1.29 is 14.3 Å². The Balaban J connectivity index is 1.80. The first-order valence-corrected chi connectivity index (χ1v) is 9.36. The Morgan fingerprint density at radius 2 is 2.04 bits per heavy atom. The molecule has 4 nitrogen and oxygen atoms in total. The molecule has 5 heteroatoms. The van der Waals surface area contributed by atoms with Gasteiger partial charge in [-0.1, -0.05) is 13.0 Å². The molecular formula is C18H29NO3S. The fourth-order valence-corrected chi connectivity index (χ4v) is 3.54. The van der Waals surface area contributed by atoms with Gasteiger partial charge in [-0.3, -0.25) is 0 Å². The highest BCUT2D eigenvalue weighted by atomic mass is 32.1. The highest BCUT2D eigenvalue weighted by Gasteiger charge is 2.36. The number of rotatable bonds is 5. The molecule has 0 N–H and O–H groups in total. The minimum absolute atomic E-state index is 0.0875. The van der Waals surface area contributed by atoms with Gasteiger partial charge < -0.3 is 14.4 Å². The van der Waals surface area contributed by atoms with Crippen LogP contribution in [0.1, 0.15) is 51.8 Å². The van der Waals surface area contributed by atoms with Crippen LogP contribution in [0.3, 0.4) is 0 Å². The zero-order chi connectivity index (χ0) is 16.9. The van der Waals surface area contributed by atoms with Crippen LogP contribution in [0.5, 0.6) is 0 Å². The van der Waals surface area contributed by atoms with Gasteiger partial charge in [-0.05, 0) is 51.5 Å². The van der Waals surface area contributed by atoms with Crippen LogP contribution in [0, 0.1) is 0 Å². The van der Waals surface area contributed by atoms with Crippen LogP contribution < -0.4 is 0 Å². The van der Waals surface area contributed by atoms with Crippen molar-refractivity contribution >= 4 is 17.4 Å². The van der Waals surface area contributed by atoms with Gasteiger partial charge in [0, 0.05) is 24.4 Å². The van der Waals surface area contributed by atoms with Crippen molar-refractivity contribution in [3.8, 4) is 0 Å². The van der Waals surface area contributed by atoms with Crippen LogP contribution in [0.4, 0.5) is 4.79 Å². The number of hydrogen-bond acceptors (Lipinski definition) is 4. The fourth-order valence-electron chi connectivity index (χ4n) is 2.85. The first-order valence-electron chi connectivity index (χ1n) is 8.48. The van der Waals surface area contributed by atoms with E-state index in [1.807, 2.05) is 25.7 Å². The van der Waals surface area contributed by atoms with Gasteiger partial charge in [0.2, 0.25) is 0 Å². The average molecular weight is 340 g/mol. The molecule has 0 radical (unpaired) electrons. The molecule has 1 aromatic rings. The minimum atomic E-state index is -0.437. The Kier molecular flexibility index (Phi) is 6.09. The summed E-state index contributed by atoms with van der Waals surface area (Å²) in [5, 5.41) is 2.10. The number of hydrogen-bond donors (Lipinski definition) is 0. The molecule has 0 spiro atoms. The van der Waals surface area contributed by atoms with Crippen LogP contribution >= 0.6 is 11.3 Å². The van der Waals surface area contributed by atoms with E-state index in [0.29, 0.717) is 13.1 Å². The molecule has 0 atom stereocenters. The van der Waals surface area contributed by atoms with Crippen molar-refractivity contribution in [1.82, 2.24) is 4.90 Å². The molecule has 0 bridgehead atoms. The second kappa shape index (κ2) is 7.67. The zero-order valence-electron chi connectivity index (χ0n) is 14.8. The summed E-state index contributed by atoms with van der Waals surface area (Å²) in [6.07, 6.45) is 3.51. The lowest BCUT2D eigenvalue weighted by atomic mass is 9.88. The first-order chi connectivity index (χ1) is 10.8. The largest absolute Gasteiger partial charge is 0.444 e. The van der Waals surface area contributed by atoms with E-state index in [1.54, 1.807) is 11.3 Å².